The Hall–Kier alpha value is -2.10. The van der Waals surface area contributed by atoms with Gasteiger partial charge in [-0.05, 0) is 57.2 Å². The second-order valence-electron chi connectivity index (χ2n) is 6.55. The van der Waals surface area contributed by atoms with Crippen LogP contribution in [0.3, 0.4) is 0 Å². The van der Waals surface area contributed by atoms with Crippen molar-refractivity contribution in [2.75, 3.05) is 6.61 Å². The van der Waals surface area contributed by atoms with Gasteiger partial charge in [-0.1, -0.05) is 6.42 Å². The van der Waals surface area contributed by atoms with Crippen LogP contribution in [0, 0.1) is 19.8 Å². The van der Waals surface area contributed by atoms with E-state index in [0.717, 1.165) is 28.9 Å². The van der Waals surface area contributed by atoms with Gasteiger partial charge in [0.25, 0.3) is 0 Å². The topological polar surface area (TPSA) is 56.5 Å². The maximum absolute atomic E-state index is 12.2. The van der Waals surface area contributed by atoms with E-state index < -0.39 is 5.63 Å². The third-order valence-corrected chi connectivity index (χ3v) is 4.78. The lowest BCUT2D eigenvalue weighted by Gasteiger charge is -2.25. The predicted molar refractivity (Wildman–Crippen MR) is 89.2 cm³/mol. The first-order valence-corrected chi connectivity index (χ1v) is 8.15. The van der Waals surface area contributed by atoms with Gasteiger partial charge in [0.15, 0.2) is 0 Å². The smallest absolute Gasteiger partial charge is 0.340 e. The van der Waals surface area contributed by atoms with E-state index >= 15 is 0 Å². The van der Waals surface area contributed by atoms with Crippen molar-refractivity contribution in [1.82, 2.24) is 0 Å². The molecule has 1 heterocycles. The van der Waals surface area contributed by atoms with Crippen LogP contribution in [0.4, 0.5) is 0 Å². The van der Waals surface area contributed by atoms with Crippen LogP contribution in [0.2, 0.25) is 0 Å². The van der Waals surface area contributed by atoms with Gasteiger partial charge in [0.05, 0.1) is 6.61 Å². The van der Waals surface area contributed by atoms with E-state index in [0.29, 0.717) is 17.1 Å². The quantitative estimate of drug-likeness (QED) is 0.789. The molecule has 122 valence electrons. The van der Waals surface area contributed by atoms with Crippen molar-refractivity contribution >= 4 is 16.8 Å². The van der Waals surface area contributed by atoms with Gasteiger partial charge in [0.1, 0.15) is 17.1 Å². The molecule has 23 heavy (non-hydrogen) atoms. The number of hydrogen-bond donors (Lipinski definition) is 0. The summed E-state index contributed by atoms with van der Waals surface area (Å²) in [5.74, 6) is 1.37. The van der Waals surface area contributed by atoms with Gasteiger partial charge in [0, 0.05) is 22.9 Å². The third kappa shape index (κ3) is 3.03. The summed E-state index contributed by atoms with van der Waals surface area (Å²) in [5.41, 5.74) is 2.25. The zero-order chi connectivity index (χ0) is 16.6. The molecule has 4 nitrogen and oxygen atoms in total. The second-order valence-corrected chi connectivity index (χ2v) is 6.55. The number of hydrogen-bond acceptors (Lipinski definition) is 4. The maximum Gasteiger partial charge on any atom is 0.340 e. The summed E-state index contributed by atoms with van der Waals surface area (Å²) in [6.07, 6.45) is 3.87. The molecule has 1 aliphatic carbocycles. The first-order chi connectivity index (χ1) is 11.0. The molecule has 0 unspecified atom stereocenters. The molecule has 1 saturated carbocycles. The van der Waals surface area contributed by atoms with Crippen molar-refractivity contribution in [3.63, 3.8) is 0 Å². The summed E-state index contributed by atoms with van der Waals surface area (Å²) in [6.45, 7) is 5.97. The lowest BCUT2D eigenvalue weighted by Crippen LogP contribution is -2.19. The molecule has 0 atom stereocenters. The molecule has 0 spiro atoms. The van der Waals surface area contributed by atoms with Crippen molar-refractivity contribution in [3.8, 4) is 5.75 Å². The van der Waals surface area contributed by atoms with E-state index in [2.05, 4.69) is 0 Å². The molecular weight excluding hydrogens is 292 g/mol. The Balaban J connectivity index is 2.00. The summed E-state index contributed by atoms with van der Waals surface area (Å²) in [6, 6.07) is 3.85. The number of aryl methyl sites for hydroxylation is 2. The standard InChI is InChI=1S/C19H22O4/c1-11(20)9-16-12(2)15-7-8-17(22-10-14-5-4-6-14)13(3)18(15)23-19(16)21/h7-8,14H,4-6,9-10H2,1-3H3. The molecular formula is C19H22O4. The van der Waals surface area contributed by atoms with Gasteiger partial charge >= 0.3 is 5.63 Å². The van der Waals surface area contributed by atoms with E-state index in [1.165, 1.54) is 26.2 Å². The summed E-state index contributed by atoms with van der Waals surface area (Å²) < 4.78 is 11.4. The van der Waals surface area contributed by atoms with Crippen molar-refractivity contribution in [2.45, 2.75) is 46.5 Å². The normalized spacial score (nSPS) is 14.7. The monoisotopic (exact) mass is 314 g/mol. The Kier molecular flexibility index (Phi) is 4.24. The van der Waals surface area contributed by atoms with Crippen molar-refractivity contribution in [1.29, 1.82) is 0 Å². The number of benzene rings is 1. The molecule has 1 fully saturated rings. The van der Waals surface area contributed by atoms with Gasteiger partial charge in [-0.25, -0.2) is 4.79 Å². The Labute approximate surface area is 135 Å². The Bertz CT molecular complexity index is 812. The van der Waals surface area contributed by atoms with Crippen LogP contribution in [-0.4, -0.2) is 12.4 Å². The summed E-state index contributed by atoms with van der Waals surface area (Å²) in [5, 5.41) is 0.870. The van der Waals surface area contributed by atoms with Gasteiger partial charge in [0.2, 0.25) is 0 Å². The highest BCUT2D eigenvalue weighted by Crippen LogP contribution is 2.32. The van der Waals surface area contributed by atoms with Crippen LogP contribution >= 0.6 is 0 Å². The van der Waals surface area contributed by atoms with Crippen LogP contribution in [0.1, 0.15) is 42.9 Å². The molecule has 1 aliphatic rings. The first-order valence-electron chi connectivity index (χ1n) is 8.15. The Morgan fingerprint density at radius 2 is 2.00 bits per heavy atom. The summed E-state index contributed by atoms with van der Waals surface area (Å²) in [4.78, 5) is 23.6. The van der Waals surface area contributed by atoms with Gasteiger partial charge in [-0.3, -0.25) is 4.79 Å². The van der Waals surface area contributed by atoms with Crippen molar-refractivity contribution < 1.29 is 13.9 Å². The molecule has 0 saturated heterocycles. The van der Waals surface area contributed by atoms with E-state index in [1.54, 1.807) is 0 Å². The minimum atomic E-state index is -0.426. The number of ketones is 1. The molecule has 2 aromatic rings. The van der Waals surface area contributed by atoms with Crippen LogP contribution in [0.25, 0.3) is 11.0 Å². The highest BCUT2D eigenvalue weighted by molar-refractivity contribution is 5.87. The molecule has 0 aliphatic heterocycles. The van der Waals surface area contributed by atoms with E-state index in [4.69, 9.17) is 9.15 Å². The highest BCUT2D eigenvalue weighted by Gasteiger charge is 2.20. The van der Waals surface area contributed by atoms with Crippen molar-refractivity contribution in [2.24, 2.45) is 5.92 Å². The lowest BCUT2D eigenvalue weighted by atomic mass is 9.86. The fourth-order valence-electron chi connectivity index (χ4n) is 3.05. The number of Topliss-reactive ketones (excluding diaryl/α,β-unsaturated/α-hetero) is 1. The number of rotatable bonds is 5. The number of carbonyl (C=O) groups is 1. The van der Waals surface area contributed by atoms with E-state index in [-0.39, 0.29) is 12.2 Å². The van der Waals surface area contributed by atoms with Crippen LogP contribution in [0.5, 0.6) is 5.75 Å². The lowest BCUT2D eigenvalue weighted by molar-refractivity contribution is -0.116. The van der Waals surface area contributed by atoms with Crippen molar-refractivity contribution in [3.05, 3.63) is 39.2 Å². The predicted octanol–water partition coefficient (Wildman–Crippen LogP) is 3.72. The molecule has 1 aromatic heterocycles. The van der Waals surface area contributed by atoms with Gasteiger partial charge in [-0.15, -0.1) is 0 Å². The Morgan fingerprint density at radius 3 is 2.61 bits per heavy atom. The number of fused-ring (bicyclic) bond motifs is 1. The number of carbonyl (C=O) groups excluding carboxylic acids is 1. The average molecular weight is 314 g/mol. The molecule has 0 bridgehead atoms. The van der Waals surface area contributed by atoms with E-state index in [1.807, 2.05) is 26.0 Å². The molecule has 3 rings (SSSR count). The van der Waals surface area contributed by atoms with E-state index in [9.17, 15) is 9.59 Å². The largest absolute Gasteiger partial charge is 0.493 e. The SMILES string of the molecule is CC(=O)Cc1c(C)c2ccc(OCC3CCC3)c(C)c2oc1=O. The fourth-order valence-corrected chi connectivity index (χ4v) is 3.05. The maximum atomic E-state index is 12.2. The first kappa shape index (κ1) is 15.8. The summed E-state index contributed by atoms with van der Waals surface area (Å²) >= 11 is 0. The zero-order valence-electron chi connectivity index (χ0n) is 13.9. The zero-order valence-corrected chi connectivity index (χ0v) is 13.9. The third-order valence-electron chi connectivity index (χ3n) is 4.78. The summed E-state index contributed by atoms with van der Waals surface area (Å²) in [7, 11) is 0. The average Bonchev–Trinajstić information content (AvgIpc) is 2.44. The minimum Gasteiger partial charge on any atom is -0.493 e. The highest BCUT2D eigenvalue weighted by atomic mass is 16.5. The molecule has 0 radical (unpaired) electrons. The fraction of sp³-hybridized carbons (Fsp3) is 0.474. The molecule has 4 heteroatoms. The number of ether oxygens (including phenoxy) is 1. The minimum absolute atomic E-state index is 0.0445. The molecule has 0 N–H and O–H groups in total. The molecule has 1 aromatic carbocycles. The second kappa shape index (κ2) is 6.19. The molecule has 0 amide bonds. The van der Waals surface area contributed by atoms with Crippen LogP contribution < -0.4 is 10.4 Å². The Morgan fingerprint density at radius 1 is 1.26 bits per heavy atom. The van der Waals surface area contributed by atoms with Crippen LogP contribution in [-0.2, 0) is 11.2 Å². The van der Waals surface area contributed by atoms with Gasteiger partial charge in [-0.2, -0.15) is 0 Å². The van der Waals surface area contributed by atoms with Gasteiger partial charge < -0.3 is 9.15 Å². The van der Waals surface area contributed by atoms with Crippen LogP contribution in [0.15, 0.2) is 21.3 Å².